The normalized spacial score (nSPS) is 30.6. The number of aliphatic hydroxyl groups is 1. The van der Waals surface area contributed by atoms with Gasteiger partial charge in [-0.2, -0.15) is 0 Å². The van der Waals surface area contributed by atoms with Crippen LogP contribution in [0.4, 0.5) is 0 Å². The van der Waals surface area contributed by atoms with Gasteiger partial charge in [-0.05, 0) is 48.9 Å². The van der Waals surface area contributed by atoms with Gasteiger partial charge in [0.05, 0.1) is 5.60 Å². The van der Waals surface area contributed by atoms with Crippen LogP contribution in [0.1, 0.15) is 37.3 Å². The number of rotatable bonds is 1. The number of halogens is 1. The molecule has 1 fully saturated rings. The van der Waals surface area contributed by atoms with E-state index >= 15 is 0 Å². The van der Waals surface area contributed by atoms with Crippen molar-refractivity contribution in [3.05, 3.63) is 33.8 Å². The van der Waals surface area contributed by atoms with E-state index in [9.17, 15) is 5.11 Å². The van der Waals surface area contributed by atoms with E-state index in [-0.39, 0.29) is 5.41 Å². The highest BCUT2D eigenvalue weighted by Crippen LogP contribution is 2.66. The summed E-state index contributed by atoms with van der Waals surface area (Å²) in [7, 11) is 0. The Bertz CT molecular complexity index is 423. The highest BCUT2D eigenvalue weighted by atomic mass is 79.9. The van der Waals surface area contributed by atoms with Crippen LogP contribution in [0, 0.1) is 5.41 Å². The molecule has 2 aliphatic rings. The molecule has 1 atom stereocenters. The van der Waals surface area contributed by atoms with Crippen molar-refractivity contribution in [2.24, 2.45) is 5.41 Å². The average molecular weight is 267 g/mol. The zero-order valence-electron chi connectivity index (χ0n) is 8.89. The van der Waals surface area contributed by atoms with E-state index in [0.717, 1.165) is 22.9 Å². The molecule has 1 aromatic carbocycles. The van der Waals surface area contributed by atoms with E-state index in [2.05, 4.69) is 41.1 Å². The molecule has 0 saturated heterocycles. The standard InChI is InChI=1S/C13H15BrO/c1-2-13(15)11-7-10(14)4-3-9(11)8-12(13)5-6-12/h3-4,7,15H,2,5-6,8H2,1H3. The fourth-order valence-corrected chi connectivity index (χ4v) is 3.55. The Morgan fingerprint density at radius 1 is 1.40 bits per heavy atom. The van der Waals surface area contributed by atoms with Crippen molar-refractivity contribution in [3.8, 4) is 0 Å². The molecule has 0 aromatic heterocycles. The van der Waals surface area contributed by atoms with Crippen molar-refractivity contribution in [3.63, 3.8) is 0 Å². The maximum absolute atomic E-state index is 10.8. The second kappa shape index (κ2) is 2.86. The summed E-state index contributed by atoms with van der Waals surface area (Å²) >= 11 is 3.49. The molecular weight excluding hydrogens is 252 g/mol. The van der Waals surface area contributed by atoms with E-state index < -0.39 is 5.60 Å². The third-order valence-corrected chi connectivity index (χ3v) is 4.78. The molecule has 1 spiro atoms. The molecule has 0 bridgehead atoms. The highest BCUT2D eigenvalue weighted by molar-refractivity contribution is 9.10. The summed E-state index contributed by atoms with van der Waals surface area (Å²) in [4.78, 5) is 0. The fourth-order valence-electron chi connectivity index (χ4n) is 3.19. The van der Waals surface area contributed by atoms with Gasteiger partial charge in [0.2, 0.25) is 0 Å². The topological polar surface area (TPSA) is 20.2 Å². The first-order valence-electron chi connectivity index (χ1n) is 5.63. The van der Waals surface area contributed by atoms with Crippen LogP contribution in [0.2, 0.25) is 0 Å². The summed E-state index contributed by atoms with van der Waals surface area (Å²) in [5.41, 5.74) is 2.13. The maximum atomic E-state index is 10.8. The van der Waals surface area contributed by atoms with Gasteiger partial charge in [-0.1, -0.05) is 28.9 Å². The van der Waals surface area contributed by atoms with Gasteiger partial charge in [-0.15, -0.1) is 0 Å². The van der Waals surface area contributed by atoms with Crippen LogP contribution in [0.25, 0.3) is 0 Å². The van der Waals surface area contributed by atoms with Gasteiger partial charge in [-0.3, -0.25) is 0 Å². The number of hydrogen-bond acceptors (Lipinski definition) is 1. The quantitative estimate of drug-likeness (QED) is 0.827. The summed E-state index contributed by atoms with van der Waals surface area (Å²) in [6.45, 7) is 2.09. The summed E-state index contributed by atoms with van der Waals surface area (Å²) in [5, 5.41) is 10.8. The fraction of sp³-hybridized carbons (Fsp3) is 0.538. The first kappa shape index (κ1) is 9.86. The van der Waals surface area contributed by atoms with Gasteiger partial charge in [-0.25, -0.2) is 0 Å². The lowest BCUT2D eigenvalue weighted by Crippen LogP contribution is -2.32. The van der Waals surface area contributed by atoms with Gasteiger partial charge in [0, 0.05) is 9.89 Å². The van der Waals surface area contributed by atoms with Crippen LogP contribution in [0.15, 0.2) is 22.7 Å². The van der Waals surface area contributed by atoms with Gasteiger partial charge >= 0.3 is 0 Å². The lowest BCUT2D eigenvalue weighted by molar-refractivity contribution is -0.0291. The Balaban J connectivity index is 2.19. The van der Waals surface area contributed by atoms with E-state index in [1.54, 1.807) is 0 Å². The van der Waals surface area contributed by atoms with Crippen molar-refractivity contribution < 1.29 is 5.11 Å². The number of benzene rings is 1. The Hall–Kier alpha value is -0.340. The lowest BCUT2D eigenvalue weighted by atomic mass is 9.82. The summed E-state index contributed by atoms with van der Waals surface area (Å²) in [6.07, 6.45) is 4.27. The molecule has 1 N–H and O–H groups in total. The van der Waals surface area contributed by atoms with Crippen LogP contribution in [0.5, 0.6) is 0 Å². The van der Waals surface area contributed by atoms with E-state index in [4.69, 9.17) is 0 Å². The van der Waals surface area contributed by atoms with Crippen LogP contribution >= 0.6 is 15.9 Å². The molecule has 15 heavy (non-hydrogen) atoms. The molecule has 80 valence electrons. The lowest BCUT2D eigenvalue weighted by Gasteiger charge is -2.30. The number of hydrogen-bond donors (Lipinski definition) is 1. The molecule has 1 aromatic rings. The predicted molar refractivity (Wildman–Crippen MR) is 63.7 cm³/mol. The van der Waals surface area contributed by atoms with E-state index in [0.29, 0.717) is 0 Å². The largest absolute Gasteiger partial charge is 0.385 e. The molecule has 1 saturated carbocycles. The van der Waals surface area contributed by atoms with Gasteiger partial charge in [0.25, 0.3) is 0 Å². The molecule has 2 heteroatoms. The smallest absolute Gasteiger partial charge is 0.0956 e. The van der Waals surface area contributed by atoms with Gasteiger partial charge in [0.15, 0.2) is 0 Å². The molecule has 2 aliphatic carbocycles. The average Bonchev–Trinajstić information content (AvgIpc) is 2.96. The molecular formula is C13H15BrO. The van der Waals surface area contributed by atoms with Crippen molar-refractivity contribution in [1.29, 1.82) is 0 Å². The summed E-state index contributed by atoms with van der Waals surface area (Å²) in [6, 6.07) is 6.34. The third-order valence-electron chi connectivity index (χ3n) is 4.29. The van der Waals surface area contributed by atoms with E-state index in [1.165, 1.54) is 18.4 Å². The highest BCUT2D eigenvalue weighted by Gasteiger charge is 2.62. The predicted octanol–water partition coefficient (Wildman–Crippen LogP) is 3.38. The summed E-state index contributed by atoms with van der Waals surface area (Å²) < 4.78 is 1.07. The van der Waals surface area contributed by atoms with Crippen molar-refractivity contribution in [1.82, 2.24) is 0 Å². The van der Waals surface area contributed by atoms with Crippen LogP contribution < -0.4 is 0 Å². The molecule has 0 radical (unpaired) electrons. The maximum Gasteiger partial charge on any atom is 0.0956 e. The first-order valence-corrected chi connectivity index (χ1v) is 6.42. The molecule has 0 aliphatic heterocycles. The second-order valence-electron chi connectivity index (χ2n) is 4.97. The van der Waals surface area contributed by atoms with E-state index in [1.807, 2.05) is 0 Å². The van der Waals surface area contributed by atoms with Crippen molar-refractivity contribution in [2.75, 3.05) is 0 Å². The van der Waals surface area contributed by atoms with Crippen LogP contribution in [-0.4, -0.2) is 5.11 Å². The Morgan fingerprint density at radius 2 is 2.13 bits per heavy atom. The van der Waals surface area contributed by atoms with Crippen molar-refractivity contribution >= 4 is 15.9 Å². The zero-order valence-corrected chi connectivity index (χ0v) is 10.5. The minimum absolute atomic E-state index is 0.185. The summed E-state index contributed by atoms with van der Waals surface area (Å²) in [5.74, 6) is 0. The Kier molecular flexibility index (Phi) is 1.88. The van der Waals surface area contributed by atoms with Crippen molar-refractivity contribution in [2.45, 2.75) is 38.2 Å². The van der Waals surface area contributed by atoms with Crippen LogP contribution in [0.3, 0.4) is 0 Å². The van der Waals surface area contributed by atoms with Gasteiger partial charge < -0.3 is 5.11 Å². The third kappa shape index (κ3) is 1.12. The molecule has 1 nitrogen and oxygen atoms in total. The first-order chi connectivity index (χ1) is 7.11. The number of fused-ring (bicyclic) bond motifs is 1. The minimum atomic E-state index is -0.563. The van der Waals surface area contributed by atoms with Gasteiger partial charge in [0.1, 0.15) is 0 Å². The minimum Gasteiger partial charge on any atom is -0.385 e. The molecule has 0 amide bonds. The molecule has 3 rings (SSSR count). The Morgan fingerprint density at radius 3 is 2.73 bits per heavy atom. The Labute approximate surface area is 98.6 Å². The SMILES string of the molecule is CCC1(O)c2cc(Br)ccc2CC12CC2. The monoisotopic (exact) mass is 266 g/mol. The van der Waals surface area contributed by atoms with Crippen LogP contribution in [-0.2, 0) is 12.0 Å². The molecule has 0 heterocycles. The second-order valence-corrected chi connectivity index (χ2v) is 5.89. The molecule has 1 unspecified atom stereocenters. The zero-order chi connectivity index (χ0) is 10.7.